The van der Waals surface area contributed by atoms with Crippen molar-refractivity contribution in [2.24, 2.45) is 0 Å². The van der Waals surface area contributed by atoms with Crippen molar-refractivity contribution >= 4 is 46.4 Å². The molecule has 168 valence electrons. The van der Waals surface area contributed by atoms with Gasteiger partial charge in [-0.05, 0) is 62.1 Å². The number of benzene rings is 2. The second-order valence-electron chi connectivity index (χ2n) is 8.44. The van der Waals surface area contributed by atoms with Crippen LogP contribution in [0.4, 0.5) is 11.5 Å². The Morgan fingerprint density at radius 2 is 1.88 bits per heavy atom. The summed E-state index contributed by atoms with van der Waals surface area (Å²) in [4.78, 5) is 26.2. The molecule has 0 spiro atoms. The lowest BCUT2D eigenvalue weighted by Gasteiger charge is -2.34. The third-order valence-corrected chi connectivity index (χ3v) is 6.98. The first-order valence-corrected chi connectivity index (χ1v) is 11.5. The van der Waals surface area contributed by atoms with Gasteiger partial charge in [0.2, 0.25) is 0 Å². The second-order valence-corrected chi connectivity index (χ2v) is 9.25. The molecule has 8 heteroatoms. The normalized spacial score (nSPS) is 17.3. The maximum absolute atomic E-state index is 13.2. The van der Waals surface area contributed by atoms with Crippen LogP contribution in [0.2, 0.25) is 10.0 Å². The van der Waals surface area contributed by atoms with Crippen LogP contribution in [0.25, 0.3) is 0 Å². The fourth-order valence-electron chi connectivity index (χ4n) is 4.48. The summed E-state index contributed by atoms with van der Waals surface area (Å²) in [7, 11) is 0. The van der Waals surface area contributed by atoms with E-state index in [1.54, 1.807) is 22.9 Å². The first-order chi connectivity index (χ1) is 15.8. The van der Waals surface area contributed by atoms with Gasteiger partial charge in [0.05, 0.1) is 6.20 Å². The smallest absolute Gasteiger partial charge is 0.261 e. The highest BCUT2D eigenvalue weighted by molar-refractivity contribution is 6.36. The van der Waals surface area contributed by atoms with E-state index in [1.165, 1.54) is 6.20 Å². The summed E-state index contributed by atoms with van der Waals surface area (Å²) in [6, 6.07) is 10.4. The van der Waals surface area contributed by atoms with Gasteiger partial charge in [0.15, 0.2) is 5.78 Å². The number of nitrogens with one attached hydrogen (secondary N) is 2. The molecule has 1 aliphatic carbocycles. The summed E-state index contributed by atoms with van der Waals surface area (Å²) in [5.74, 6) is 0.264. The minimum Gasteiger partial charge on any atom is -0.343 e. The number of hydrogen-bond acceptors (Lipinski definition) is 4. The number of carbonyl (C=O) groups is 2. The van der Waals surface area contributed by atoms with E-state index in [2.05, 4.69) is 15.7 Å². The monoisotopic (exact) mass is 480 g/mol. The van der Waals surface area contributed by atoms with Gasteiger partial charge in [-0.3, -0.25) is 9.59 Å². The molecule has 1 aliphatic heterocycles. The lowest BCUT2D eigenvalue weighted by molar-refractivity contribution is -0.116. The highest BCUT2D eigenvalue weighted by Crippen LogP contribution is 2.45. The minimum atomic E-state index is -0.603. The van der Waals surface area contributed by atoms with Gasteiger partial charge in [0.25, 0.3) is 5.91 Å². The molecule has 2 aliphatic rings. The van der Waals surface area contributed by atoms with E-state index in [9.17, 15) is 9.59 Å². The van der Waals surface area contributed by atoms with Crippen molar-refractivity contribution in [3.8, 4) is 0 Å². The zero-order valence-corrected chi connectivity index (χ0v) is 19.7. The van der Waals surface area contributed by atoms with Gasteiger partial charge >= 0.3 is 0 Å². The summed E-state index contributed by atoms with van der Waals surface area (Å²) in [6.07, 6.45) is 3.41. The third kappa shape index (κ3) is 3.73. The van der Waals surface area contributed by atoms with Crippen LogP contribution in [0, 0.1) is 13.8 Å². The van der Waals surface area contributed by atoms with Crippen LogP contribution < -0.4 is 10.6 Å². The molecule has 0 radical (unpaired) electrons. The highest BCUT2D eigenvalue weighted by Gasteiger charge is 2.39. The maximum atomic E-state index is 13.2. The highest BCUT2D eigenvalue weighted by atomic mass is 35.5. The molecule has 3 aromatic rings. The van der Waals surface area contributed by atoms with Gasteiger partial charge in [0, 0.05) is 39.0 Å². The first kappa shape index (κ1) is 21.7. The Balaban J connectivity index is 1.60. The number of rotatable bonds is 3. The van der Waals surface area contributed by atoms with Gasteiger partial charge in [-0.2, -0.15) is 5.10 Å². The van der Waals surface area contributed by atoms with Crippen LogP contribution in [0.15, 0.2) is 53.9 Å². The van der Waals surface area contributed by atoms with Crippen molar-refractivity contribution in [1.29, 1.82) is 0 Å². The average Bonchev–Trinajstić information content (AvgIpc) is 3.19. The van der Waals surface area contributed by atoms with E-state index >= 15 is 0 Å². The van der Waals surface area contributed by atoms with Crippen LogP contribution in [0.3, 0.4) is 0 Å². The zero-order chi connectivity index (χ0) is 23.3. The van der Waals surface area contributed by atoms with Crippen molar-refractivity contribution in [2.45, 2.75) is 39.2 Å². The van der Waals surface area contributed by atoms with Crippen molar-refractivity contribution in [1.82, 2.24) is 9.78 Å². The van der Waals surface area contributed by atoms with E-state index in [4.69, 9.17) is 23.2 Å². The molecule has 1 atom stereocenters. The average molecular weight is 481 g/mol. The summed E-state index contributed by atoms with van der Waals surface area (Å²) in [6.45, 7) is 4.02. The van der Waals surface area contributed by atoms with Crippen LogP contribution in [-0.2, 0) is 4.79 Å². The number of halogens is 2. The van der Waals surface area contributed by atoms with Gasteiger partial charge in [0.1, 0.15) is 17.4 Å². The second kappa shape index (κ2) is 8.36. The van der Waals surface area contributed by atoms with Crippen LogP contribution in [0.1, 0.15) is 52.4 Å². The molecule has 0 bridgehead atoms. The molecule has 2 aromatic carbocycles. The number of carbonyl (C=O) groups excluding carboxylic acids is 2. The quantitative estimate of drug-likeness (QED) is 0.476. The molecule has 5 rings (SSSR count). The molecule has 2 N–H and O–H groups in total. The molecular formula is C25H22Cl2N4O2. The van der Waals surface area contributed by atoms with Crippen LogP contribution in [-0.4, -0.2) is 21.5 Å². The van der Waals surface area contributed by atoms with Crippen LogP contribution >= 0.6 is 23.2 Å². The number of Topliss-reactive ketones (excluding diaryl/α,β-unsaturated/α-hetero) is 1. The lowest BCUT2D eigenvalue weighted by atomic mass is 9.85. The molecule has 0 saturated heterocycles. The maximum Gasteiger partial charge on any atom is 0.261 e. The number of fused-ring (bicyclic) bond motifs is 1. The Morgan fingerprint density at radius 3 is 2.61 bits per heavy atom. The predicted octanol–water partition coefficient (Wildman–Crippen LogP) is 6.08. The molecular weight excluding hydrogens is 459 g/mol. The van der Waals surface area contributed by atoms with Gasteiger partial charge < -0.3 is 10.6 Å². The standard InChI is InChI=1S/C25H22Cl2N4O2/c1-13-9-10-15(11-14(13)2)29-25(33)16-12-28-31-23(21-17(26)5-3-6-18(21)27)22-19(30-24(16)31)7-4-8-20(22)32/h3,5-6,9-12,23,30H,4,7-8H2,1-2H3,(H,29,33). The largest absolute Gasteiger partial charge is 0.343 e. The first-order valence-electron chi connectivity index (χ1n) is 10.8. The van der Waals surface area contributed by atoms with Crippen molar-refractivity contribution in [2.75, 3.05) is 10.6 Å². The number of ketones is 1. The summed E-state index contributed by atoms with van der Waals surface area (Å²) in [5, 5.41) is 11.7. The molecule has 1 unspecified atom stereocenters. The SMILES string of the molecule is Cc1ccc(NC(=O)c2cnn3c2NC2=C(C(=O)CCC2)C3c2c(Cl)cccc2Cl)cc1C. The fourth-order valence-corrected chi connectivity index (χ4v) is 5.08. The van der Waals surface area contributed by atoms with E-state index < -0.39 is 6.04 Å². The Bertz CT molecular complexity index is 1320. The topological polar surface area (TPSA) is 76.0 Å². The van der Waals surface area contributed by atoms with E-state index in [0.717, 1.165) is 23.2 Å². The molecule has 1 aromatic heterocycles. The fraction of sp³-hybridized carbons (Fsp3) is 0.240. The number of anilines is 2. The van der Waals surface area contributed by atoms with Crippen molar-refractivity contribution < 1.29 is 9.59 Å². The van der Waals surface area contributed by atoms with Crippen molar-refractivity contribution in [3.05, 3.63) is 86.2 Å². The molecule has 6 nitrogen and oxygen atoms in total. The summed E-state index contributed by atoms with van der Waals surface area (Å²) < 4.78 is 1.64. The Morgan fingerprint density at radius 1 is 1.12 bits per heavy atom. The number of nitrogens with zero attached hydrogens (tertiary/aromatic N) is 2. The Kier molecular flexibility index (Phi) is 5.51. The molecule has 33 heavy (non-hydrogen) atoms. The summed E-state index contributed by atoms with van der Waals surface area (Å²) in [5.41, 5.74) is 5.33. The Labute approximate surface area is 201 Å². The molecule has 1 amide bonds. The van der Waals surface area contributed by atoms with E-state index in [-0.39, 0.29) is 11.7 Å². The number of aromatic nitrogens is 2. The number of allylic oxidation sites excluding steroid dienone is 2. The Hall–Kier alpha value is -3.09. The predicted molar refractivity (Wildman–Crippen MR) is 130 cm³/mol. The molecule has 0 saturated carbocycles. The van der Waals surface area contributed by atoms with Crippen molar-refractivity contribution in [3.63, 3.8) is 0 Å². The summed E-state index contributed by atoms with van der Waals surface area (Å²) >= 11 is 13.1. The molecule has 2 heterocycles. The molecule has 0 fully saturated rings. The van der Waals surface area contributed by atoms with E-state index in [1.807, 2.05) is 32.0 Å². The number of hydrogen-bond donors (Lipinski definition) is 2. The van der Waals surface area contributed by atoms with Gasteiger partial charge in [-0.1, -0.05) is 35.3 Å². The number of amides is 1. The van der Waals surface area contributed by atoms with Gasteiger partial charge in [-0.25, -0.2) is 4.68 Å². The lowest BCUT2D eigenvalue weighted by Crippen LogP contribution is -2.32. The van der Waals surface area contributed by atoms with Gasteiger partial charge in [-0.15, -0.1) is 0 Å². The minimum absolute atomic E-state index is 0.0343. The zero-order valence-electron chi connectivity index (χ0n) is 18.2. The van der Waals surface area contributed by atoms with Crippen LogP contribution in [0.5, 0.6) is 0 Å². The van der Waals surface area contributed by atoms with E-state index in [0.29, 0.717) is 51.1 Å². The number of aryl methyl sites for hydroxylation is 2. The third-order valence-electron chi connectivity index (χ3n) is 6.32.